The van der Waals surface area contributed by atoms with E-state index in [0.717, 1.165) is 11.4 Å². The van der Waals surface area contributed by atoms with Gasteiger partial charge in [0.15, 0.2) is 5.69 Å². The average Bonchev–Trinajstić information content (AvgIpc) is 3.32. The van der Waals surface area contributed by atoms with Crippen molar-refractivity contribution in [1.82, 2.24) is 19.9 Å². The summed E-state index contributed by atoms with van der Waals surface area (Å²) in [5, 5.41) is 18.6. The van der Waals surface area contributed by atoms with Gasteiger partial charge in [0.25, 0.3) is 5.91 Å². The third-order valence-electron chi connectivity index (χ3n) is 5.61. The molecule has 2 heterocycles. The molecule has 1 atom stereocenters. The van der Waals surface area contributed by atoms with Gasteiger partial charge in [-0.05, 0) is 18.2 Å². The van der Waals surface area contributed by atoms with E-state index in [9.17, 15) is 9.90 Å². The maximum absolute atomic E-state index is 12.9. The second-order valence-corrected chi connectivity index (χ2v) is 7.53. The van der Waals surface area contributed by atoms with E-state index in [1.807, 2.05) is 36.4 Å². The van der Waals surface area contributed by atoms with Crippen LogP contribution >= 0.6 is 0 Å². The van der Waals surface area contributed by atoms with Crippen LogP contribution in [0.2, 0.25) is 0 Å². The van der Waals surface area contributed by atoms with Gasteiger partial charge in [-0.25, -0.2) is 4.68 Å². The predicted molar refractivity (Wildman–Crippen MR) is 119 cm³/mol. The highest BCUT2D eigenvalue weighted by molar-refractivity contribution is 5.92. The fourth-order valence-corrected chi connectivity index (χ4v) is 3.91. The quantitative estimate of drug-likeness (QED) is 0.604. The number of hydrogen-bond donors (Lipinski definition) is 1. The van der Waals surface area contributed by atoms with Crippen LogP contribution < -0.4 is 14.4 Å². The van der Waals surface area contributed by atoms with Gasteiger partial charge < -0.3 is 24.4 Å². The Morgan fingerprint density at radius 1 is 1.00 bits per heavy atom. The van der Waals surface area contributed by atoms with Crippen molar-refractivity contribution in [2.24, 2.45) is 0 Å². The molecule has 9 heteroatoms. The SMILES string of the molecule is COc1ccccc1[C@H](O)Cn1cc(C(=O)N2CCN(c3ccccc3OC)CC2)nn1. The van der Waals surface area contributed by atoms with Gasteiger partial charge in [-0.3, -0.25) is 4.79 Å². The van der Waals surface area contributed by atoms with Gasteiger partial charge in [0.1, 0.15) is 17.6 Å². The minimum Gasteiger partial charge on any atom is -0.496 e. The molecule has 1 amide bonds. The molecule has 32 heavy (non-hydrogen) atoms. The third kappa shape index (κ3) is 4.52. The minimum absolute atomic E-state index is 0.164. The zero-order valence-electron chi connectivity index (χ0n) is 18.2. The summed E-state index contributed by atoms with van der Waals surface area (Å²) in [6.07, 6.45) is 0.744. The second-order valence-electron chi connectivity index (χ2n) is 7.53. The fraction of sp³-hybridized carbons (Fsp3) is 0.348. The zero-order chi connectivity index (χ0) is 22.5. The second kappa shape index (κ2) is 9.69. The van der Waals surface area contributed by atoms with Gasteiger partial charge >= 0.3 is 0 Å². The van der Waals surface area contributed by atoms with Crippen molar-refractivity contribution in [3.63, 3.8) is 0 Å². The van der Waals surface area contributed by atoms with Gasteiger partial charge in [-0.15, -0.1) is 5.10 Å². The van der Waals surface area contributed by atoms with Crippen LogP contribution in [0.5, 0.6) is 11.5 Å². The van der Waals surface area contributed by atoms with Gasteiger partial charge in [0.2, 0.25) is 0 Å². The van der Waals surface area contributed by atoms with E-state index in [1.54, 1.807) is 37.4 Å². The Hall–Kier alpha value is -3.59. The van der Waals surface area contributed by atoms with E-state index in [1.165, 1.54) is 4.68 Å². The molecule has 1 fully saturated rings. The van der Waals surface area contributed by atoms with E-state index in [2.05, 4.69) is 15.2 Å². The number of piperazine rings is 1. The molecule has 1 N–H and O–H groups in total. The van der Waals surface area contributed by atoms with Gasteiger partial charge in [-0.2, -0.15) is 0 Å². The summed E-state index contributed by atoms with van der Waals surface area (Å²) in [6.45, 7) is 2.73. The number of rotatable bonds is 7. The first-order valence-electron chi connectivity index (χ1n) is 10.5. The lowest BCUT2D eigenvalue weighted by molar-refractivity contribution is 0.0740. The van der Waals surface area contributed by atoms with Gasteiger partial charge in [0.05, 0.1) is 32.6 Å². The molecule has 1 aliphatic heterocycles. The molecule has 0 radical (unpaired) electrons. The minimum atomic E-state index is -0.833. The van der Waals surface area contributed by atoms with Crippen LogP contribution in [0.1, 0.15) is 22.2 Å². The van der Waals surface area contributed by atoms with Gasteiger partial charge in [0, 0.05) is 31.7 Å². The molecule has 1 saturated heterocycles. The normalized spacial score (nSPS) is 14.8. The smallest absolute Gasteiger partial charge is 0.276 e. The number of ether oxygens (including phenoxy) is 2. The molecule has 1 aromatic heterocycles. The van der Waals surface area contributed by atoms with Crippen molar-refractivity contribution < 1.29 is 19.4 Å². The number of anilines is 1. The Bertz CT molecular complexity index is 1060. The fourth-order valence-electron chi connectivity index (χ4n) is 3.91. The first kappa shape index (κ1) is 21.6. The standard InChI is InChI=1S/C23H27N5O4/c1-31-21-9-5-3-7-17(21)20(29)16-28-15-18(24-25-28)23(30)27-13-11-26(12-14-27)19-8-4-6-10-22(19)32-2/h3-10,15,20,29H,11-14,16H2,1-2H3/t20-/m1/s1. The summed E-state index contributed by atoms with van der Waals surface area (Å²) < 4.78 is 12.2. The summed E-state index contributed by atoms with van der Waals surface area (Å²) in [4.78, 5) is 16.9. The maximum Gasteiger partial charge on any atom is 0.276 e. The number of nitrogens with zero attached hydrogens (tertiary/aromatic N) is 5. The Morgan fingerprint density at radius 3 is 2.38 bits per heavy atom. The first-order valence-corrected chi connectivity index (χ1v) is 10.5. The van der Waals surface area contributed by atoms with E-state index < -0.39 is 6.10 Å². The zero-order valence-corrected chi connectivity index (χ0v) is 18.2. The van der Waals surface area contributed by atoms with E-state index in [4.69, 9.17) is 9.47 Å². The van der Waals surface area contributed by atoms with Crippen molar-refractivity contribution in [2.75, 3.05) is 45.3 Å². The number of amides is 1. The number of carbonyl (C=O) groups is 1. The number of benzene rings is 2. The van der Waals surface area contributed by atoms with Crippen molar-refractivity contribution in [3.05, 3.63) is 66.0 Å². The summed E-state index contributed by atoms with van der Waals surface area (Å²) in [6, 6.07) is 15.1. The molecule has 3 aromatic rings. The summed E-state index contributed by atoms with van der Waals surface area (Å²) >= 11 is 0. The molecule has 0 saturated carbocycles. The molecule has 4 rings (SSSR count). The molecule has 0 spiro atoms. The number of para-hydroxylation sites is 3. The highest BCUT2D eigenvalue weighted by Gasteiger charge is 2.25. The van der Waals surface area contributed by atoms with Crippen molar-refractivity contribution in [3.8, 4) is 11.5 Å². The van der Waals surface area contributed by atoms with Crippen LogP contribution in [0.4, 0.5) is 5.69 Å². The van der Waals surface area contributed by atoms with E-state index >= 15 is 0 Å². The van der Waals surface area contributed by atoms with Crippen LogP contribution in [-0.2, 0) is 6.54 Å². The Kier molecular flexibility index (Phi) is 6.55. The molecule has 9 nitrogen and oxygen atoms in total. The molecule has 0 bridgehead atoms. The third-order valence-corrected chi connectivity index (χ3v) is 5.61. The van der Waals surface area contributed by atoms with Crippen molar-refractivity contribution >= 4 is 11.6 Å². The van der Waals surface area contributed by atoms with Crippen molar-refractivity contribution in [2.45, 2.75) is 12.6 Å². The topological polar surface area (TPSA) is 93.0 Å². The molecule has 1 aliphatic rings. The van der Waals surface area contributed by atoms with Crippen LogP contribution in [0.25, 0.3) is 0 Å². The highest BCUT2D eigenvalue weighted by atomic mass is 16.5. The number of hydrogen-bond acceptors (Lipinski definition) is 7. The van der Waals surface area contributed by atoms with E-state index in [0.29, 0.717) is 37.5 Å². The largest absolute Gasteiger partial charge is 0.496 e. The number of aliphatic hydroxyl groups is 1. The van der Waals surface area contributed by atoms with Crippen LogP contribution in [0, 0.1) is 0 Å². The number of carbonyl (C=O) groups excluding carboxylic acids is 1. The average molecular weight is 438 g/mol. The summed E-state index contributed by atoms with van der Waals surface area (Å²) in [7, 11) is 3.22. The lowest BCUT2D eigenvalue weighted by Crippen LogP contribution is -2.49. The molecule has 0 unspecified atom stereocenters. The van der Waals surface area contributed by atoms with Crippen molar-refractivity contribution in [1.29, 1.82) is 0 Å². The summed E-state index contributed by atoms with van der Waals surface area (Å²) in [5.74, 6) is 1.26. The lowest BCUT2D eigenvalue weighted by Gasteiger charge is -2.36. The van der Waals surface area contributed by atoms with Crippen LogP contribution in [-0.4, -0.2) is 71.3 Å². The Labute approximate surface area is 186 Å². The Morgan fingerprint density at radius 2 is 1.66 bits per heavy atom. The van der Waals surface area contributed by atoms with Crippen LogP contribution in [0.15, 0.2) is 54.7 Å². The Balaban J connectivity index is 1.37. The molecule has 2 aromatic carbocycles. The van der Waals surface area contributed by atoms with E-state index in [-0.39, 0.29) is 18.1 Å². The molecule has 168 valence electrons. The molecular weight excluding hydrogens is 410 g/mol. The van der Waals surface area contributed by atoms with Gasteiger partial charge in [-0.1, -0.05) is 35.5 Å². The monoisotopic (exact) mass is 437 g/mol. The predicted octanol–water partition coefficient (Wildman–Crippen LogP) is 1.99. The number of aliphatic hydroxyl groups excluding tert-OH is 1. The highest BCUT2D eigenvalue weighted by Crippen LogP contribution is 2.29. The first-order chi connectivity index (χ1) is 15.6. The lowest BCUT2D eigenvalue weighted by atomic mass is 10.1. The van der Waals surface area contributed by atoms with Crippen LogP contribution in [0.3, 0.4) is 0 Å². The molecule has 0 aliphatic carbocycles. The molecular formula is C23H27N5O4. The summed E-state index contributed by atoms with van der Waals surface area (Å²) in [5.41, 5.74) is 1.95. The number of aromatic nitrogens is 3. The number of methoxy groups -OCH3 is 2. The maximum atomic E-state index is 12.9.